The molecule has 0 spiro atoms. The number of benzene rings is 6. The zero-order valence-corrected chi connectivity index (χ0v) is 28.3. The fourth-order valence-corrected chi connectivity index (χ4v) is 7.93. The number of nitrogens with zero attached hydrogens (tertiary/aromatic N) is 2. The van der Waals surface area contributed by atoms with E-state index in [9.17, 15) is 0 Å². The van der Waals surface area contributed by atoms with Crippen molar-refractivity contribution in [1.29, 1.82) is 0 Å². The molecule has 0 saturated heterocycles. The van der Waals surface area contributed by atoms with Crippen LogP contribution >= 0.6 is 10.0 Å². The van der Waals surface area contributed by atoms with Crippen molar-refractivity contribution in [2.75, 3.05) is 18.8 Å². The molecular formula is C43H40N2S. The van der Waals surface area contributed by atoms with Crippen LogP contribution < -0.4 is 0 Å². The fourth-order valence-electron chi connectivity index (χ4n) is 6.98. The molecule has 0 aliphatic rings. The maximum atomic E-state index is 2.41. The summed E-state index contributed by atoms with van der Waals surface area (Å²) in [6.07, 6.45) is 7.05. The van der Waals surface area contributed by atoms with Crippen molar-refractivity contribution in [2.45, 2.75) is 31.1 Å². The smallest absolute Gasteiger partial charge is 0.0541 e. The second kappa shape index (κ2) is 10.4. The molecule has 0 amide bonds. The Labute approximate surface area is 273 Å². The highest BCUT2D eigenvalue weighted by Gasteiger charge is 2.18. The molecule has 0 aliphatic carbocycles. The van der Waals surface area contributed by atoms with E-state index in [2.05, 4.69) is 182 Å². The van der Waals surface area contributed by atoms with E-state index in [1.807, 2.05) is 0 Å². The third-order valence-electron chi connectivity index (χ3n) is 9.47. The number of rotatable bonds is 4. The van der Waals surface area contributed by atoms with E-state index in [-0.39, 0.29) is 5.41 Å². The van der Waals surface area contributed by atoms with Crippen LogP contribution in [0.5, 0.6) is 0 Å². The summed E-state index contributed by atoms with van der Waals surface area (Å²) in [6.45, 7) is 6.80. The zero-order valence-electron chi connectivity index (χ0n) is 27.5. The Hall–Kier alpha value is -4.73. The molecule has 6 aromatic carbocycles. The molecule has 2 aromatic heterocycles. The van der Waals surface area contributed by atoms with Gasteiger partial charge in [0.2, 0.25) is 0 Å². The van der Waals surface area contributed by atoms with Gasteiger partial charge in [0.25, 0.3) is 0 Å². The standard InChI is InChI=1S/C43H40N2S/c1-43(2,3)31-17-19-32(20-18-31)44-39-13-9-7-11-35(39)37-27-29(15-25-41(37)44)30-16-26-42-38(28-30)36-12-8-10-14-40(36)45(42)33-21-23-34(24-22-33)46(4,5)6/h7-28H,1-6H3. The molecule has 8 aromatic rings. The van der Waals surface area contributed by atoms with E-state index in [1.54, 1.807) is 0 Å². The fraction of sp³-hybridized carbons (Fsp3) is 0.163. The Balaban J connectivity index is 1.27. The Bertz CT molecular complexity index is 2230. The summed E-state index contributed by atoms with van der Waals surface area (Å²) < 4.78 is 4.82. The highest BCUT2D eigenvalue weighted by atomic mass is 32.3. The lowest BCUT2D eigenvalue weighted by atomic mass is 9.87. The van der Waals surface area contributed by atoms with Gasteiger partial charge in [0.15, 0.2) is 0 Å². The molecule has 0 unspecified atom stereocenters. The van der Waals surface area contributed by atoms with Gasteiger partial charge < -0.3 is 9.13 Å². The summed E-state index contributed by atoms with van der Waals surface area (Å²) >= 11 is 0. The minimum absolute atomic E-state index is 0.124. The maximum absolute atomic E-state index is 2.41. The lowest BCUT2D eigenvalue weighted by Gasteiger charge is -2.26. The first-order valence-electron chi connectivity index (χ1n) is 16.0. The first kappa shape index (κ1) is 28.7. The molecule has 8 rings (SSSR count). The van der Waals surface area contributed by atoms with Crippen LogP contribution in [0, 0.1) is 0 Å². The largest absolute Gasteiger partial charge is 0.309 e. The van der Waals surface area contributed by atoms with Crippen LogP contribution in [0.15, 0.2) is 138 Å². The normalized spacial score (nSPS) is 12.9. The molecule has 0 N–H and O–H groups in total. The molecule has 0 aliphatic heterocycles. The minimum atomic E-state index is -0.772. The molecule has 2 heterocycles. The second-order valence-electron chi connectivity index (χ2n) is 14.3. The molecule has 0 bridgehead atoms. The van der Waals surface area contributed by atoms with Crippen LogP contribution in [0.3, 0.4) is 0 Å². The van der Waals surface area contributed by atoms with Crippen molar-refractivity contribution in [3.63, 3.8) is 0 Å². The van der Waals surface area contributed by atoms with Gasteiger partial charge in [-0.15, -0.1) is 0 Å². The predicted octanol–water partition coefficient (Wildman–Crippen LogP) is 11.9. The number of hydrogen-bond donors (Lipinski definition) is 0. The number of hydrogen-bond acceptors (Lipinski definition) is 0. The highest BCUT2D eigenvalue weighted by Crippen LogP contribution is 2.45. The van der Waals surface area contributed by atoms with E-state index in [0.29, 0.717) is 0 Å². The Morgan fingerprint density at radius 2 is 0.848 bits per heavy atom. The lowest BCUT2D eigenvalue weighted by molar-refractivity contribution is 0.590. The molecule has 0 atom stereocenters. The van der Waals surface area contributed by atoms with Gasteiger partial charge in [0.1, 0.15) is 0 Å². The molecule has 3 heteroatoms. The van der Waals surface area contributed by atoms with Gasteiger partial charge in [-0.2, -0.15) is 0 Å². The molecular weight excluding hydrogens is 577 g/mol. The van der Waals surface area contributed by atoms with Crippen molar-refractivity contribution < 1.29 is 0 Å². The molecule has 0 saturated carbocycles. The maximum Gasteiger partial charge on any atom is 0.0541 e. The summed E-state index contributed by atoms with van der Waals surface area (Å²) in [5.41, 5.74) is 11.3. The lowest BCUT2D eigenvalue weighted by Crippen LogP contribution is -2.10. The van der Waals surface area contributed by atoms with Crippen LogP contribution in [0.25, 0.3) is 66.1 Å². The van der Waals surface area contributed by atoms with Gasteiger partial charge in [-0.3, -0.25) is 0 Å². The van der Waals surface area contributed by atoms with Crippen LogP contribution in [-0.4, -0.2) is 27.9 Å². The Kier molecular flexibility index (Phi) is 6.49. The SMILES string of the molecule is CC(C)(C)c1ccc(-n2c3ccccc3c3cc(-c4ccc5c(c4)c4ccccc4n5-c4ccc(S(C)(C)C)cc4)ccc32)cc1. The number of para-hydroxylation sites is 2. The summed E-state index contributed by atoms with van der Waals surface area (Å²) in [5.74, 6) is 0. The molecule has 0 radical (unpaired) electrons. The molecule has 46 heavy (non-hydrogen) atoms. The van der Waals surface area contributed by atoms with E-state index in [1.165, 1.54) is 76.6 Å². The van der Waals surface area contributed by atoms with Gasteiger partial charge in [0.05, 0.1) is 22.1 Å². The van der Waals surface area contributed by atoms with Gasteiger partial charge in [-0.25, -0.2) is 10.0 Å². The van der Waals surface area contributed by atoms with Gasteiger partial charge >= 0.3 is 0 Å². The van der Waals surface area contributed by atoms with Crippen molar-refractivity contribution in [3.8, 4) is 22.5 Å². The van der Waals surface area contributed by atoms with E-state index < -0.39 is 10.0 Å². The third-order valence-corrected chi connectivity index (χ3v) is 11.2. The predicted molar refractivity (Wildman–Crippen MR) is 203 cm³/mol. The van der Waals surface area contributed by atoms with Gasteiger partial charge in [-0.1, -0.05) is 81.4 Å². The number of aromatic nitrogens is 2. The summed E-state index contributed by atoms with van der Waals surface area (Å²) in [6, 6.07) is 49.8. The summed E-state index contributed by atoms with van der Waals surface area (Å²) in [4.78, 5) is 1.43. The quantitative estimate of drug-likeness (QED) is 0.186. The average molecular weight is 617 g/mol. The number of fused-ring (bicyclic) bond motifs is 6. The van der Waals surface area contributed by atoms with Crippen molar-refractivity contribution in [1.82, 2.24) is 9.13 Å². The van der Waals surface area contributed by atoms with Crippen molar-refractivity contribution in [2.24, 2.45) is 0 Å². The topological polar surface area (TPSA) is 9.86 Å². The minimum Gasteiger partial charge on any atom is -0.309 e. The van der Waals surface area contributed by atoms with Crippen LogP contribution in [0.2, 0.25) is 0 Å². The molecule has 0 fully saturated rings. The summed E-state index contributed by atoms with van der Waals surface area (Å²) in [5, 5.41) is 5.11. The average Bonchev–Trinajstić information content (AvgIpc) is 3.56. The van der Waals surface area contributed by atoms with Crippen LogP contribution in [0.4, 0.5) is 0 Å². The summed E-state index contributed by atoms with van der Waals surface area (Å²) in [7, 11) is -0.772. The van der Waals surface area contributed by atoms with Crippen molar-refractivity contribution >= 4 is 53.6 Å². The monoisotopic (exact) mass is 616 g/mol. The van der Waals surface area contributed by atoms with Gasteiger partial charge in [0, 0.05) is 32.9 Å². The second-order valence-corrected chi connectivity index (χ2v) is 18.4. The van der Waals surface area contributed by atoms with E-state index in [4.69, 9.17) is 0 Å². The van der Waals surface area contributed by atoms with Crippen molar-refractivity contribution in [3.05, 3.63) is 139 Å². The van der Waals surface area contributed by atoms with Gasteiger partial charge in [-0.05, 0) is 119 Å². The van der Waals surface area contributed by atoms with E-state index in [0.717, 1.165) is 0 Å². The third kappa shape index (κ3) is 4.65. The Morgan fingerprint density at radius 1 is 0.435 bits per heavy atom. The van der Waals surface area contributed by atoms with E-state index >= 15 is 0 Å². The van der Waals surface area contributed by atoms with Crippen LogP contribution in [-0.2, 0) is 5.41 Å². The Morgan fingerprint density at radius 3 is 1.28 bits per heavy atom. The molecule has 228 valence electrons. The van der Waals surface area contributed by atoms with Crippen LogP contribution in [0.1, 0.15) is 26.3 Å². The molecule has 2 nitrogen and oxygen atoms in total. The first-order valence-corrected chi connectivity index (χ1v) is 18.9. The highest BCUT2D eigenvalue weighted by molar-refractivity contribution is 8.32. The first-order chi connectivity index (χ1) is 22.1. The zero-order chi connectivity index (χ0) is 31.8.